The zero-order valence-electron chi connectivity index (χ0n) is 17.9. The fraction of sp³-hybridized carbons (Fsp3) is 0.565. The third kappa shape index (κ3) is 3.72. The minimum absolute atomic E-state index is 0.0209. The van der Waals surface area contributed by atoms with Gasteiger partial charge in [-0.15, -0.1) is 0 Å². The standard InChI is InChI=1S/C23H31N4O3/c1-27(2)12-10-18(11-13-27)22-14-20(24-30-22)21-9-8-19-15-25(21)23(28)26(19)29-16-17-6-4-3-5-7-17/h3-7,14,18-19,21H,8-13,15-16H2,1-2H3/q+1/t19-,21+/m1/s1. The maximum atomic E-state index is 13.0. The highest BCUT2D eigenvalue weighted by molar-refractivity contribution is 5.77. The van der Waals surface area contributed by atoms with Gasteiger partial charge in [0.1, 0.15) is 18.1 Å². The van der Waals surface area contributed by atoms with Crippen LogP contribution in [0.15, 0.2) is 40.9 Å². The lowest BCUT2D eigenvalue weighted by Crippen LogP contribution is -2.45. The van der Waals surface area contributed by atoms with E-state index in [1.807, 2.05) is 35.2 Å². The van der Waals surface area contributed by atoms with Crippen molar-refractivity contribution in [2.45, 2.75) is 50.3 Å². The Bertz CT molecular complexity index is 887. The van der Waals surface area contributed by atoms with E-state index in [1.165, 1.54) is 0 Å². The van der Waals surface area contributed by atoms with Crippen LogP contribution < -0.4 is 0 Å². The Morgan fingerprint density at radius 1 is 1.13 bits per heavy atom. The number of urea groups is 1. The molecule has 7 nitrogen and oxygen atoms in total. The van der Waals surface area contributed by atoms with E-state index in [9.17, 15) is 4.79 Å². The molecule has 5 rings (SSSR count). The number of likely N-dealkylation sites (tertiary alicyclic amines) is 1. The number of piperidine rings is 2. The van der Waals surface area contributed by atoms with Crippen molar-refractivity contribution in [1.29, 1.82) is 0 Å². The molecule has 2 amide bonds. The number of hydrogen-bond donors (Lipinski definition) is 0. The zero-order valence-corrected chi connectivity index (χ0v) is 17.9. The molecule has 2 bridgehead atoms. The summed E-state index contributed by atoms with van der Waals surface area (Å²) in [7, 11) is 4.57. The van der Waals surface area contributed by atoms with E-state index in [0.29, 0.717) is 19.1 Å². The molecule has 1 aromatic heterocycles. The molecular weight excluding hydrogens is 380 g/mol. The van der Waals surface area contributed by atoms with Gasteiger partial charge in [-0.1, -0.05) is 35.5 Å². The molecule has 0 unspecified atom stereocenters. The van der Waals surface area contributed by atoms with Gasteiger partial charge >= 0.3 is 6.03 Å². The van der Waals surface area contributed by atoms with Crippen molar-refractivity contribution in [3.63, 3.8) is 0 Å². The number of fused-ring (bicyclic) bond motifs is 2. The van der Waals surface area contributed by atoms with Crippen LogP contribution in [0, 0.1) is 0 Å². The largest absolute Gasteiger partial charge is 0.361 e. The van der Waals surface area contributed by atoms with Crippen LogP contribution in [-0.4, -0.2) is 65.4 Å². The lowest BCUT2D eigenvalue weighted by atomic mass is 9.92. The number of hydrogen-bond acceptors (Lipinski definition) is 4. The van der Waals surface area contributed by atoms with Crippen molar-refractivity contribution < 1.29 is 18.6 Å². The first kappa shape index (κ1) is 19.6. The predicted octanol–water partition coefficient (Wildman–Crippen LogP) is 3.70. The summed E-state index contributed by atoms with van der Waals surface area (Å²) in [6.07, 6.45) is 4.05. The molecule has 3 aliphatic heterocycles. The Morgan fingerprint density at radius 2 is 1.90 bits per heavy atom. The Labute approximate surface area is 177 Å². The lowest BCUT2D eigenvalue weighted by Gasteiger charge is -2.36. The van der Waals surface area contributed by atoms with E-state index in [4.69, 9.17) is 9.36 Å². The number of nitrogens with zero attached hydrogens (tertiary/aromatic N) is 4. The van der Waals surface area contributed by atoms with E-state index in [-0.39, 0.29) is 18.1 Å². The van der Waals surface area contributed by atoms with Gasteiger partial charge in [0.2, 0.25) is 0 Å². The van der Waals surface area contributed by atoms with E-state index < -0.39 is 0 Å². The van der Waals surface area contributed by atoms with Crippen LogP contribution in [0.4, 0.5) is 4.79 Å². The second-order valence-corrected chi connectivity index (χ2v) is 9.58. The zero-order chi connectivity index (χ0) is 20.7. The molecule has 2 aromatic rings. The molecule has 30 heavy (non-hydrogen) atoms. The highest BCUT2D eigenvalue weighted by Gasteiger charge is 2.47. The normalized spacial score (nSPS) is 26.4. The third-order valence-corrected chi connectivity index (χ3v) is 6.99. The number of quaternary nitrogens is 1. The van der Waals surface area contributed by atoms with Gasteiger partial charge in [0.25, 0.3) is 0 Å². The number of hydroxylamine groups is 2. The van der Waals surface area contributed by atoms with Crippen LogP contribution >= 0.6 is 0 Å². The van der Waals surface area contributed by atoms with Gasteiger partial charge in [-0.3, -0.25) is 4.84 Å². The van der Waals surface area contributed by atoms with Gasteiger partial charge in [0.15, 0.2) is 0 Å². The molecule has 3 aliphatic rings. The molecule has 0 aliphatic carbocycles. The van der Waals surface area contributed by atoms with Crippen LogP contribution in [0.2, 0.25) is 0 Å². The van der Waals surface area contributed by atoms with Crippen LogP contribution in [0.3, 0.4) is 0 Å². The molecule has 2 atom stereocenters. The number of amides is 2. The molecule has 0 spiro atoms. The first-order valence-corrected chi connectivity index (χ1v) is 11.1. The highest BCUT2D eigenvalue weighted by atomic mass is 16.7. The Hall–Kier alpha value is -2.38. The van der Waals surface area contributed by atoms with Crippen LogP contribution in [0.1, 0.15) is 54.7 Å². The van der Waals surface area contributed by atoms with Gasteiger partial charge in [-0.25, -0.2) is 4.79 Å². The SMILES string of the molecule is C[N+]1(C)CCC(c2cc([C@@H]3CC[C@@H]4CN3C(=O)N4OCc3ccccc3)no2)CC1. The van der Waals surface area contributed by atoms with Crippen molar-refractivity contribution in [2.24, 2.45) is 0 Å². The Kier molecular flexibility index (Phi) is 5.03. The summed E-state index contributed by atoms with van der Waals surface area (Å²) in [4.78, 5) is 20.9. The fourth-order valence-electron chi connectivity index (χ4n) is 5.03. The van der Waals surface area contributed by atoms with Crippen molar-refractivity contribution in [3.8, 4) is 0 Å². The Morgan fingerprint density at radius 3 is 2.67 bits per heavy atom. The van der Waals surface area contributed by atoms with Crippen molar-refractivity contribution in [3.05, 3.63) is 53.4 Å². The molecule has 4 heterocycles. The number of rotatable bonds is 5. The second-order valence-electron chi connectivity index (χ2n) is 9.58. The molecule has 7 heteroatoms. The first-order chi connectivity index (χ1) is 14.5. The highest BCUT2D eigenvalue weighted by Crippen LogP contribution is 2.39. The van der Waals surface area contributed by atoms with Gasteiger partial charge in [0.05, 0.1) is 39.3 Å². The fourth-order valence-corrected chi connectivity index (χ4v) is 5.03. The molecule has 0 saturated carbocycles. The quantitative estimate of drug-likeness (QED) is 0.704. The molecule has 1 aromatic carbocycles. The molecule has 3 saturated heterocycles. The average Bonchev–Trinajstić information content (AvgIpc) is 3.32. The summed E-state index contributed by atoms with van der Waals surface area (Å²) in [6, 6.07) is 12.1. The van der Waals surface area contributed by atoms with E-state index in [1.54, 1.807) is 5.06 Å². The smallest absolute Gasteiger partial charge is 0.344 e. The predicted molar refractivity (Wildman–Crippen MR) is 111 cm³/mol. The molecule has 160 valence electrons. The summed E-state index contributed by atoms with van der Waals surface area (Å²) in [5, 5.41) is 5.97. The summed E-state index contributed by atoms with van der Waals surface area (Å²) in [5.41, 5.74) is 1.95. The minimum atomic E-state index is -0.0558. The van der Waals surface area contributed by atoms with E-state index in [0.717, 1.165) is 60.3 Å². The molecular formula is C23H31N4O3+. The third-order valence-electron chi connectivity index (χ3n) is 6.99. The van der Waals surface area contributed by atoms with Gasteiger partial charge in [-0.2, -0.15) is 5.06 Å². The van der Waals surface area contributed by atoms with Crippen LogP contribution in [-0.2, 0) is 11.4 Å². The average molecular weight is 412 g/mol. The first-order valence-electron chi connectivity index (χ1n) is 11.1. The van der Waals surface area contributed by atoms with Gasteiger partial charge < -0.3 is 13.9 Å². The summed E-state index contributed by atoms with van der Waals surface area (Å²) < 4.78 is 6.83. The van der Waals surface area contributed by atoms with Crippen molar-refractivity contribution in [2.75, 3.05) is 33.7 Å². The van der Waals surface area contributed by atoms with Crippen molar-refractivity contribution >= 4 is 6.03 Å². The number of carbonyl (C=O) groups excluding carboxylic acids is 1. The maximum absolute atomic E-state index is 13.0. The number of aromatic nitrogens is 1. The Balaban J connectivity index is 1.24. The van der Waals surface area contributed by atoms with Crippen molar-refractivity contribution in [1.82, 2.24) is 15.1 Å². The molecule has 0 radical (unpaired) electrons. The maximum Gasteiger partial charge on any atom is 0.344 e. The summed E-state index contributed by atoms with van der Waals surface area (Å²) >= 11 is 0. The van der Waals surface area contributed by atoms with Crippen LogP contribution in [0.25, 0.3) is 0 Å². The monoisotopic (exact) mass is 411 g/mol. The minimum Gasteiger partial charge on any atom is -0.361 e. The number of benzene rings is 1. The van der Waals surface area contributed by atoms with Crippen LogP contribution in [0.5, 0.6) is 0 Å². The topological polar surface area (TPSA) is 58.8 Å². The second kappa shape index (κ2) is 7.71. The lowest BCUT2D eigenvalue weighted by molar-refractivity contribution is -0.895. The molecule has 0 N–H and O–H groups in total. The van der Waals surface area contributed by atoms with E-state index >= 15 is 0 Å². The summed E-state index contributed by atoms with van der Waals surface area (Å²) in [6.45, 7) is 3.41. The molecule has 3 fully saturated rings. The number of carbonyl (C=O) groups is 1. The summed E-state index contributed by atoms with van der Waals surface area (Å²) in [5.74, 6) is 1.42. The van der Waals surface area contributed by atoms with Gasteiger partial charge in [-0.05, 0) is 18.4 Å². The van der Waals surface area contributed by atoms with Gasteiger partial charge in [0, 0.05) is 31.4 Å². The van der Waals surface area contributed by atoms with E-state index in [2.05, 4.69) is 25.3 Å².